The van der Waals surface area contributed by atoms with Crippen molar-refractivity contribution >= 4 is 23.2 Å². The molecule has 0 unspecified atom stereocenters. The van der Waals surface area contributed by atoms with E-state index in [9.17, 15) is 9.59 Å². The summed E-state index contributed by atoms with van der Waals surface area (Å²) < 4.78 is 5.58. The Labute approximate surface area is 151 Å². The number of aryl methyl sites for hydroxylation is 1. The molecule has 1 aliphatic rings. The largest absolute Gasteiger partial charge is 0.484 e. The Morgan fingerprint density at radius 3 is 2.48 bits per heavy atom. The summed E-state index contributed by atoms with van der Waals surface area (Å²) in [4.78, 5) is 29.2. The summed E-state index contributed by atoms with van der Waals surface area (Å²) in [6, 6.07) is 11.4. The Bertz CT molecular complexity index is 713. The maximum absolute atomic E-state index is 12.4. The highest BCUT2D eigenvalue weighted by atomic mass is 32.1. The minimum atomic E-state index is -0.0361. The molecule has 0 N–H and O–H groups in total. The first-order valence-corrected chi connectivity index (χ1v) is 9.31. The molecule has 25 heavy (non-hydrogen) atoms. The molecular weight excluding hydrogens is 336 g/mol. The van der Waals surface area contributed by atoms with Crippen LogP contribution < -0.4 is 4.74 Å². The van der Waals surface area contributed by atoms with E-state index < -0.39 is 0 Å². The number of nitrogens with zero attached hydrogens (tertiary/aromatic N) is 2. The summed E-state index contributed by atoms with van der Waals surface area (Å²) in [6.07, 6.45) is 0.785. The lowest BCUT2D eigenvalue weighted by molar-refractivity contribution is -0.133. The number of hydrogen-bond donors (Lipinski definition) is 0. The van der Waals surface area contributed by atoms with Gasteiger partial charge in [-0.15, -0.1) is 11.3 Å². The van der Waals surface area contributed by atoms with Crippen LogP contribution in [0.15, 0.2) is 41.8 Å². The van der Waals surface area contributed by atoms with Crippen molar-refractivity contribution in [3.63, 3.8) is 0 Å². The number of carbonyl (C=O) groups is 2. The normalized spacial score (nSPS) is 14.9. The first-order valence-electron chi connectivity index (χ1n) is 8.43. The molecule has 0 aliphatic carbocycles. The van der Waals surface area contributed by atoms with Crippen LogP contribution in [-0.2, 0) is 4.79 Å². The van der Waals surface area contributed by atoms with E-state index in [0.29, 0.717) is 31.9 Å². The molecule has 1 fully saturated rings. The van der Waals surface area contributed by atoms with Gasteiger partial charge < -0.3 is 14.5 Å². The molecule has 6 heteroatoms. The first-order chi connectivity index (χ1) is 12.1. The monoisotopic (exact) mass is 358 g/mol. The van der Waals surface area contributed by atoms with Crippen molar-refractivity contribution in [3.05, 3.63) is 52.2 Å². The van der Waals surface area contributed by atoms with Crippen molar-refractivity contribution in [3.8, 4) is 5.75 Å². The molecule has 3 rings (SSSR count). The Kier molecular flexibility index (Phi) is 5.71. The number of ether oxygens (including phenoxy) is 1. The van der Waals surface area contributed by atoms with Crippen LogP contribution in [0.4, 0.5) is 0 Å². The maximum Gasteiger partial charge on any atom is 0.263 e. The van der Waals surface area contributed by atoms with Gasteiger partial charge in [-0.3, -0.25) is 9.59 Å². The molecule has 1 aliphatic heterocycles. The Balaban J connectivity index is 1.51. The zero-order valence-electron chi connectivity index (χ0n) is 14.3. The van der Waals surface area contributed by atoms with Gasteiger partial charge in [0.05, 0.1) is 4.88 Å². The van der Waals surface area contributed by atoms with Crippen LogP contribution >= 0.6 is 11.3 Å². The van der Waals surface area contributed by atoms with Gasteiger partial charge in [-0.2, -0.15) is 0 Å². The van der Waals surface area contributed by atoms with Crippen molar-refractivity contribution in [2.75, 3.05) is 32.8 Å². The molecule has 0 atom stereocenters. The fraction of sp³-hybridized carbons (Fsp3) is 0.368. The molecule has 1 aromatic heterocycles. The van der Waals surface area contributed by atoms with Gasteiger partial charge in [0.15, 0.2) is 6.61 Å². The number of thiophene rings is 1. The van der Waals surface area contributed by atoms with Gasteiger partial charge in [-0.1, -0.05) is 23.8 Å². The quantitative estimate of drug-likeness (QED) is 0.844. The van der Waals surface area contributed by atoms with Crippen LogP contribution in [0.2, 0.25) is 0 Å². The van der Waals surface area contributed by atoms with E-state index in [1.54, 1.807) is 4.90 Å². The minimum absolute atomic E-state index is 0.0297. The Morgan fingerprint density at radius 2 is 1.76 bits per heavy atom. The molecule has 1 saturated heterocycles. The van der Waals surface area contributed by atoms with Crippen LogP contribution in [0.1, 0.15) is 21.7 Å². The Hall–Kier alpha value is -2.34. The lowest BCUT2D eigenvalue weighted by Gasteiger charge is -2.22. The molecule has 132 valence electrons. The summed E-state index contributed by atoms with van der Waals surface area (Å²) in [6.45, 7) is 4.49. The predicted molar refractivity (Wildman–Crippen MR) is 98.1 cm³/mol. The molecule has 2 amide bonds. The van der Waals surface area contributed by atoms with Crippen LogP contribution in [0.5, 0.6) is 5.75 Å². The van der Waals surface area contributed by atoms with Gasteiger partial charge >= 0.3 is 0 Å². The van der Waals surface area contributed by atoms with Gasteiger partial charge in [-0.25, -0.2) is 0 Å². The van der Waals surface area contributed by atoms with E-state index in [-0.39, 0.29) is 18.4 Å². The molecular formula is C19H22N2O3S. The smallest absolute Gasteiger partial charge is 0.263 e. The van der Waals surface area contributed by atoms with Crippen LogP contribution in [0.25, 0.3) is 0 Å². The summed E-state index contributed by atoms with van der Waals surface area (Å²) in [5.41, 5.74) is 1.15. The van der Waals surface area contributed by atoms with Crippen molar-refractivity contribution in [2.24, 2.45) is 0 Å². The van der Waals surface area contributed by atoms with Crippen LogP contribution in [-0.4, -0.2) is 54.4 Å². The Morgan fingerprint density at radius 1 is 1.04 bits per heavy atom. The zero-order valence-corrected chi connectivity index (χ0v) is 15.1. The van der Waals surface area contributed by atoms with Crippen molar-refractivity contribution in [1.82, 2.24) is 9.80 Å². The number of carbonyl (C=O) groups excluding carboxylic acids is 2. The number of hydrogen-bond acceptors (Lipinski definition) is 4. The molecule has 2 heterocycles. The van der Waals surface area contributed by atoms with E-state index in [1.807, 2.05) is 53.6 Å². The minimum Gasteiger partial charge on any atom is -0.484 e. The van der Waals surface area contributed by atoms with Crippen molar-refractivity contribution in [1.29, 1.82) is 0 Å². The molecule has 5 nitrogen and oxygen atoms in total. The molecule has 0 spiro atoms. The van der Waals surface area contributed by atoms with E-state index in [2.05, 4.69) is 0 Å². The van der Waals surface area contributed by atoms with Gasteiger partial charge in [0.1, 0.15) is 5.75 Å². The second-order valence-corrected chi connectivity index (χ2v) is 7.05. The van der Waals surface area contributed by atoms with Gasteiger partial charge in [0.2, 0.25) is 0 Å². The lowest BCUT2D eigenvalue weighted by Crippen LogP contribution is -2.39. The third kappa shape index (κ3) is 4.60. The highest BCUT2D eigenvalue weighted by Gasteiger charge is 2.23. The zero-order chi connectivity index (χ0) is 17.6. The molecule has 0 bridgehead atoms. The summed E-state index contributed by atoms with van der Waals surface area (Å²) in [5, 5.41) is 1.91. The number of rotatable bonds is 4. The second kappa shape index (κ2) is 8.16. The van der Waals surface area contributed by atoms with Gasteiger partial charge in [0.25, 0.3) is 11.8 Å². The van der Waals surface area contributed by atoms with Gasteiger partial charge in [0, 0.05) is 26.2 Å². The second-order valence-electron chi connectivity index (χ2n) is 6.11. The molecule has 2 aromatic rings. The molecule has 0 saturated carbocycles. The van der Waals surface area contributed by atoms with Crippen LogP contribution in [0.3, 0.4) is 0 Å². The number of amides is 2. The van der Waals surface area contributed by atoms with E-state index in [0.717, 1.165) is 16.9 Å². The van der Waals surface area contributed by atoms with Crippen molar-refractivity contribution < 1.29 is 14.3 Å². The molecule has 1 aromatic carbocycles. The SMILES string of the molecule is Cc1ccc(OCC(=O)N2CCCN(C(=O)c3cccs3)CC2)cc1. The molecule has 0 radical (unpaired) electrons. The maximum atomic E-state index is 12.4. The fourth-order valence-corrected chi connectivity index (χ4v) is 3.49. The fourth-order valence-electron chi connectivity index (χ4n) is 2.80. The topological polar surface area (TPSA) is 49.9 Å². The van der Waals surface area contributed by atoms with Gasteiger partial charge in [-0.05, 0) is 36.9 Å². The standard InChI is InChI=1S/C19H22N2O3S/c1-15-5-7-16(8-6-15)24-14-18(22)20-9-3-10-21(12-11-20)19(23)17-4-2-13-25-17/h2,4-8,13H,3,9-12,14H2,1H3. The third-order valence-electron chi connectivity index (χ3n) is 4.25. The highest BCUT2D eigenvalue weighted by Crippen LogP contribution is 2.15. The average molecular weight is 358 g/mol. The average Bonchev–Trinajstić information content (AvgIpc) is 3.05. The third-order valence-corrected chi connectivity index (χ3v) is 5.11. The van der Waals surface area contributed by atoms with E-state index >= 15 is 0 Å². The van der Waals surface area contributed by atoms with E-state index in [1.165, 1.54) is 11.3 Å². The predicted octanol–water partition coefficient (Wildman–Crippen LogP) is 2.81. The summed E-state index contributed by atoms with van der Waals surface area (Å²) >= 11 is 1.45. The first kappa shape index (κ1) is 17.5. The summed E-state index contributed by atoms with van der Waals surface area (Å²) in [5.74, 6) is 0.717. The van der Waals surface area contributed by atoms with E-state index in [4.69, 9.17) is 4.74 Å². The lowest BCUT2D eigenvalue weighted by atomic mass is 10.2. The summed E-state index contributed by atoms with van der Waals surface area (Å²) in [7, 11) is 0. The highest BCUT2D eigenvalue weighted by molar-refractivity contribution is 7.12. The van der Waals surface area contributed by atoms with Crippen LogP contribution in [0, 0.1) is 6.92 Å². The number of benzene rings is 1. The van der Waals surface area contributed by atoms with Crippen molar-refractivity contribution in [2.45, 2.75) is 13.3 Å².